The van der Waals surface area contributed by atoms with E-state index in [0.29, 0.717) is 5.56 Å². The molecule has 0 saturated heterocycles. The number of hydrogen-bond donors (Lipinski definition) is 1. The van der Waals surface area contributed by atoms with Crippen molar-refractivity contribution in [3.05, 3.63) is 65.9 Å². The molecule has 0 aliphatic carbocycles. The Balaban J connectivity index is 1.92. The molecular formula is C17H10F3NO3. The summed E-state index contributed by atoms with van der Waals surface area (Å²) in [6.45, 7) is 0. The van der Waals surface area contributed by atoms with Gasteiger partial charge in [-0.15, -0.1) is 0 Å². The van der Waals surface area contributed by atoms with Crippen molar-refractivity contribution in [2.45, 2.75) is 6.18 Å². The monoisotopic (exact) mass is 333 g/mol. The highest BCUT2D eigenvalue weighted by Gasteiger charge is 2.30. The Bertz CT molecular complexity index is 883. The van der Waals surface area contributed by atoms with E-state index in [4.69, 9.17) is 9.52 Å². The first-order chi connectivity index (χ1) is 11.3. The second-order valence-electron chi connectivity index (χ2n) is 5.00. The van der Waals surface area contributed by atoms with Gasteiger partial charge in [-0.1, -0.05) is 12.1 Å². The number of carboxylic acids is 1. The van der Waals surface area contributed by atoms with Gasteiger partial charge in [0, 0.05) is 11.1 Å². The summed E-state index contributed by atoms with van der Waals surface area (Å²) in [7, 11) is 0. The molecule has 1 N–H and O–H groups in total. The van der Waals surface area contributed by atoms with Crippen LogP contribution in [0.25, 0.3) is 22.7 Å². The highest BCUT2D eigenvalue weighted by atomic mass is 19.4. The van der Waals surface area contributed by atoms with E-state index in [1.54, 1.807) is 0 Å². The van der Waals surface area contributed by atoms with E-state index < -0.39 is 17.7 Å². The van der Waals surface area contributed by atoms with Crippen LogP contribution in [0.2, 0.25) is 0 Å². The Morgan fingerprint density at radius 3 is 2.38 bits per heavy atom. The molecule has 0 saturated carbocycles. The van der Waals surface area contributed by atoms with Gasteiger partial charge in [-0.3, -0.25) is 0 Å². The van der Waals surface area contributed by atoms with E-state index >= 15 is 0 Å². The molecule has 0 radical (unpaired) electrons. The molecule has 0 aliphatic heterocycles. The van der Waals surface area contributed by atoms with Crippen LogP contribution in [0.3, 0.4) is 0 Å². The number of alkyl halides is 3. The molecule has 3 rings (SSSR count). The number of oxazole rings is 1. The number of rotatable bonds is 3. The number of aromatic carboxylic acids is 1. The average Bonchev–Trinajstić information content (AvgIpc) is 3.04. The quantitative estimate of drug-likeness (QED) is 0.753. The van der Waals surface area contributed by atoms with Crippen molar-refractivity contribution in [2.75, 3.05) is 0 Å². The maximum absolute atomic E-state index is 12.8. The normalized spacial score (nSPS) is 11.5. The summed E-state index contributed by atoms with van der Waals surface area (Å²) in [4.78, 5) is 15.0. The standard InChI is InChI=1S/C17H10F3NO3/c18-17(19,20)13-3-1-2-12(8-13)14-9-24-15(21-14)10-4-6-11(7-5-10)16(22)23/h1-9H,(H,22,23). The Morgan fingerprint density at radius 1 is 1.04 bits per heavy atom. The largest absolute Gasteiger partial charge is 0.478 e. The van der Waals surface area contributed by atoms with Crippen molar-refractivity contribution >= 4 is 5.97 Å². The third-order valence-electron chi connectivity index (χ3n) is 3.37. The van der Waals surface area contributed by atoms with Gasteiger partial charge < -0.3 is 9.52 Å². The Hall–Kier alpha value is -3.09. The fraction of sp³-hybridized carbons (Fsp3) is 0.0588. The second-order valence-corrected chi connectivity index (χ2v) is 5.00. The maximum atomic E-state index is 12.8. The molecule has 3 aromatic rings. The van der Waals surface area contributed by atoms with Gasteiger partial charge in [-0.25, -0.2) is 9.78 Å². The SMILES string of the molecule is O=C(O)c1ccc(-c2nc(-c3cccc(C(F)(F)F)c3)co2)cc1. The predicted octanol–water partition coefficient (Wildman–Crippen LogP) is 4.73. The lowest BCUT2D eigenvalue weighted by Crippen LogP contribution is -2.04. The number of carbonyl (C=O) groups is 1. The number of aromatic nitrogens is 1. The van der Waals surface area contributed by atoms with E-state index in [2.05, 4.69) is 4.98 Å². The molecule has 4 nitrogen and oxygen atoms in total. The maximum Gasteiger partial charge on any atom is 0.416 e. The third kappa shape index (κ3) is 3.15. The van der Waals surface area contributed by atoms with Crippen molar-refractivity contribution in [3.63, 3.8) is 0 Å². The topological polar surface area (TPSA) is 63.3 Å². The first-order valence-electron chi connectivity index (χ1n) is 6.81. The molecule has 0 amide bonds. The fourth-order valence-corrected chi connectivity index (χ4v) is 2.15. The van der Waals surface area contributed by atoms with Gasteiger partial charge in [0.15, 0.2) is 0 Å². The zero-order valence-electron chi connectivity index (χ0n) is 12.0. The van der Waals surface area contributed by atoms with Crippen LogP contribution in [0, 0.1) is 0 Å². The summed E-state index contributed by atoms with van der Waals surface area (Å²) >= 11 is 0. The number of carboxylic acid groups (broad SMARTS) is 1. The lowest BCUT2D eigenvalue weighted by atomic mass is 10.1. The summed E-state index contributed by atoms with van der Waals surface area (Å²) < 4.78 is 43.6. The lowest BCUT2D eigenvalue weighted by Gasteiger charge is -2.07. The summed E-state index contributed by atoms with van der Waals surface area (Å²) in [5, 5.41) is 8.86. The van der Waals surface area contributed by atoms with E-state index in [1.807, 2.05) is 0 Å². The van der Waals surface area contributed by atoms with Crippen molar-refractivity contribution in [3.8, 4) is 22.7 Å². The van der Waals surface area contributed by atoms with Gasteiger partial charge in [0.1, 0.15) is 12.0 Å². The van der Waals surface area contributed by atoms with Crippen LogP contribution in [0.15, 0.2) is 59.2 Å². The van der Waals surface area contributed by atoms with Gasteiger partial charge in [-0.2, -0.15) is 13.2 Å². The molecule has 0 bridgehead atoms. The smallest absolute Gasteiger partial charge is 0.416 e. The zero-order valence-corrected chi connectivity index (χ0v) is 12.0. The van der Waals surface area contributed by atoms with Crippen molar-refractivity contribution in [1.82, 2.24) is 4.98 Å². The lowest BCUT2D eigenvalue weighted by molar-refractivity contribution is -0.137. The molecule has 1 heterocycles. The van der Waals surface area contributed by atoms with Crippen LogP contribution in [0.4, 0.5) is 13.2 Å². The van der Waals surface area contributed by atoms with E-state index in [1.165, 1.54) is 42.7 Å². The van der Waals surface area contributed by atoms with Crippen molar-refractivity contribution in [1.29, 1.82) is 0 Å². The van der Waals surface area contributed by atoms with Gasteiger partial charge in [0.05, 0.1) is 11.1 Å². The Kier molecular flexibility index (Phi) is 3.84. The molecule has 0 unspecified atom stereocenters. The van der Waals surface area contributed by atoms with Gasteiger partial charge in [-0.05, 0) is 36.4 Å². The summed E-state index contributed by atoms with van der Waals surface area (Å²) in [5.74, 6) is -0.863. The summed E-state index contributed by atoms with van der Waals surface area (Å²) in [6, 6.07) is 10.6. The van der Waals surface area contributed by atoms with E-state index in [0.717, 1.165) is 12.1 Å². The predicted molar refractivity (Wildman–Crippen MR) is 79.3 cm³/mol. The second kappa shape index (κ2) is 5.84. The Labute approximate surface area is 134 Å². The minimum atomic E-state index is -4.44. The first kappa shape index (κ1) is 15.8. The zero-order chi connectivity index (χ0) is 17.3. The molecule has 122 valence electrons. The van der Waals surface area contributed by atoms with Crippen molar-refractivity contribution in [2.24, 2.45) is 0 Å². The van der Waals surface area contributed by atoms with Crippen LogP contribution in [-0.2, 0) is 6.18 Å². The molecule has 0 aliphatic rings. The van der Waals surface area contributed by atoms with E-state index in [9.17, 15) is 18.0 Å². The molecular weight excluding hydrogens is 323 g/mol. The van der Waals surface area contributed by atoms with Crippen LogP contribution >= 0.6 is 0 Å². The van der Waals surface area contributed by atoms with Gasteiger partial charge in [0.25, 0.3) is 0 Å². The molecule has 2 aromatic carbocycles. The molecule has 7 heteroatoms. The molecule has 1 aromatic heterocycles. The number of halogens is 3. The highest BCUT2D eigenvalue weighted by molar-refractivity contribution is 5.88. The molecule has 0 fully saturated rings. The minimum Gasteiger partial charge on any atom is -0.478 e. The van der Waals surface area contributed by atoms with Crippen molar-refractivity contribution < 1.29 is 27.5 Å². The summed E-state index contributed by atoms with van der Waals surface area (Å²) in [5.41, 5.74) is 0.414. The van der Waals surface area contributed by atoms with Gasteiger partial charge in [0.2, 0.25) is 5.89 Å². The molecule has 0 atom stereocenters. The number of nitrogens with zero attached hydrogens (tertiary/aromatic N) is 1. The molecule has 24 heavy (non-hydrogen) atoms. The minimum absolute atomic E-state index is 0.114. The number of hydrogen-bond acceptors (Lipinski definition) is 3. The average molecular weight is 333 g/mol. The number of benzene rings is 2. The first-order valence-corrected chi connectivity index (χ1v) is 6.81. The van der Waals surface area contributed by atoms with Crippen LogP contribution < -0.4 is 0 Å². The highest BCUT2D eigenvalue weighted by Crippen LogP contribution is 2.32. The summed E-state index contributed by atoms with van der Waals surface area (Å²) in [6.07, 6.45) is -3.18. The van der Waals surface area contributed by atoms with Crippen LogP contribution in [-0.4, -0.2) is 16.1 Å². The molecule has 0 spiro atoms. The Morgan fingerprint density at radius 2 is 1.75 bits per heavy atom. The van der Waals surface area contributed by atoms with E-state index in [-0.39, 0.29) is 22.7 Å². The third-order valence-corrected chi connectivity index (χ3v) is 3.37. The fourth-order valence-electron chi connectivity index (χ4n) is 2.15. The van der Waals surface area contributed by atoms with Gasteiger partial charge >= 0.3 is 12.1 Å². The van der Waals surface area contributed by atoms with Crippen LogP contribution in [0.1, 0.15) is 15.9 Å². The van der Waals surface area contributed by atoms with Crippen LogP contribution in [0.5, 0.6) is 0 Å².